The standard InChI is InChI=1S/C23H24F3N3O2/c1-13(14-4-8-17(9-5-14)28-22(31)29-18-10-11-18)27-21(30)20-12-19(20)15-2-6-16(7-3-15)23(24,25)26/h2-9,13,18-20H,10-12H2,1H3,(H,27,30)(H2,28,29,31). The zero-order valence-corrected chi connectivity index (χ0v) is 17.0. The SMILES string of the molecule is CC(NC(=O)C1CC1c1ccc(C(F)(F)F)cc1)c1ccc(NC(=O)NC2CC2)cc1. The maximum Gasteiger partial charge on any atom is 0.416 e. The first-order valence-electron chi connectivity index (χ1n) is 10.4. The largest absolute Gasteiger partial charge is 0.416 e. The number of benzene rings is 2. The molecule has 3 unspecified atom stereocenters. The van der Waals surface area contributed by atoms with Crippen LogP contribution in [-0.2, 0) is 11.0 Å². The van der Waals surface area contributed by atoms with E-state index in [2.05, 4.69) is 16.0 Å². The van der Waals surface area contributed by atoms with Crippen LogP contribution in [0.4, 0.5) is 23.7 Å². The minimum atomic E-state index is -4.36. The lowest BCUT2D eigenvalue weighted by atomic mass is 10.1. The Morgan fingerprint density at radius 1 is 1.00 bits per heavy atom. The van der Waals surface area contributed by atoms with Crippen LogP contribution in [0.3, 0.4) is 0 Å². The van der Waals surface area contributed by atoms with Crippen LogP contribution < -0.4 is 16.0 Å². The van der Waals surface area contributed by atoms with E-state index < -0.39 is 11.7 Å². The number of hydrogen-bond acceptors (Lipinski definition) is 2. The zero-order valence-electron chi connectivity index (χ0n) is 17.0. The molecule has 0 heterocycles. The van der Waals surface area contributed by atoms with Crippen molar-refractivity contribution in [3.8, 4) is 0 Å². The van der Waals surface area contributed by atoms with E-state index in [1.165, 1.54) is 12.1 Å². The molecule has 2 aliphatic rings. The van der Waals surface area contributed by atoms with Gasteiger partial charge in [0, 0.05) is 17.6 Å². The van der Waals surface area contributed by atoms with Crippen LogP contribution in [0.1, 0.15) is 54.8 Å². The summed E-state index contributed by atoms with van der Waals surface area (Å²) < 4.78 is 38.1. The number of hydrogen-bond donors (Lipinski definition) is 3. The van der Waals surface area contributed by atoms with Crippen molar-refractivity contribution in [2.45, 2.75) is 50.4 Å². The van der Waals surface area contributed by atoms with Gasteiger partial charge in [0.1, 0.15) is 0 Å². The fourth-order valence-corrected chi connectivity index (χ4v) is 3.61. The first kappa shape index (κ1) is 21.2. The van der Waals surface area contributed by atoms with Crippen LogP contribution >= 0.6 is 0 Å². The number of urea groups is 1. The highest BCUT2D eigenvalue weighted by Crippen LogP contribution is 2.48. The van der Waals surface area contributed by atoms with Crippen LogP contribution in [0.15, 0.2) is 48.5 Å². The van der Waals surface area contributed by atoms with Crippen molar-refractivity contribution in [2.75, 3.05) is 5.32 Å². The highest BCUT2D eigenvalue weighted by molar-refractivity contribution is 5.89. The summed E-state index contributed by atoms with van der Waals surface area (Å²) in [6, 6.07) is 12.1. The van der Waals surface area contributed by atoms with Crippen molar-refractivity contribution in [1.29, 1.82) is 0 Å². The predicted molar refractivity (Wildman–Crippen MR) is 110 cm³/mol. The second kappa shape index (κ2) is 8.24. The highest BCUT2D eigenvalue weighted by Gasteiger charge is 2.44. The molecule has 2 aromatic carbocycles. The Labute approximate surface area is 178 Å². The number of anilines is 1. The predicted octanol–water partition coefficient (Wildman–Crippen LogP) is 4.97. The number of carbonyl (C=O) groups excluding carboxylic acids is 2. The minimum absolute atomic E-state index is 0.0500. The van der Waals surface area contributed by atoms with Crippen LogP contribution in [0, 0.1) is 5.92 Å². The maximum atomic E-state index is 12.7. The van der Waals surface area contributed by atoms with E-state index >= 15 is 0 Å². The van der Waals surface area contributed by atoms with Crippen LogP contribution in [0.25, 0.3) is 0 Å². The van der Waals surface area contributed by atoms with E-state index in [4.69, 9.17) is 0 Å². The van der Waals surface area contributed by atoms with Gasteiger partial charge in [0.2, 0.25) is 5.91 Å². The van der Waals surface area contributed by atoms with Crippen LogP contribution in [-0.4, -0.2) is 18.0 Å². The molecule has 2 aliphatic carbocycles. The smallest absolute Gasteiger partial charge is 0.349 e. The number of carbonyl (C=O) groups is 2. The number of halogens is 3. The highest BCUT2D eigenvalue weighted by atomic mass is 19.4. The van der Waals surface area contributed by atoms with Gasteiger partial charge in [-0.25, -0.2) is 4.79 Å². The molecule has 3 N–H and O–H groups in total. The van der Waals surface area contributed by atoms with Gasteiger partial charge in [0.15, 0.2) is 0 Å². The molecule has 8 heteroatoms. The molecule has 3 amide bonds. The number of alkyl halides is 3. The Morgan fingerprint density at radius 3 is 2.23 bits per heavy atom. The Kier molecular flexibility index (Phi) is 5.64. The van der Waals surface area contributed by atoms with Gasteiger partial charge in [-0.3, -0.25) is 4.79 Å². The van der Waals surface area contributed by atoms with Gasteiger partial charge in [-0.1, -0.05) is 24.3 Å². The number of nitrogens with one attached hydrogen (secondary N) is 3. The lowest BCUT2D eigenvalue weighted by Crippen LogP contribution is -2.30. The van der Waals surface area contributed by atoms with Gasteiger partial charge in [0.25, 0.3) is 0 Å². The van der Waals surface area contributed by atoms with E-state index in [1.807, 2.05) is 19.1 Å². The van der Waals surface area contributed by atoms with Crippen molar-refractivity contribution in [3.63, 3.8) is 0 Å². The molecule has 2 saturated carbocycles. The van der Waals surface area contributed by atoms with E-state index in [1.54, 1.807) is 12.1 Å². The van der Waals surface area contributed by atoms with Crippen LogP contribution in [0.5, 0.6) is 0 Å². The molecule has 0 aromatic heterocycles. The lowest BCUT2D eigenvalue weighted by Gasteiger charge is -2.15. The van der Waals surface area contributed by atoms with Gasteiger partial charge in [-0.2, -0.15) is 13.2 Å². The quantitative estimate of drug-likeness (QED) is 0.604. The van der Waals surface area contributed by atoms with Crippen molar-refractivity contribution >= 4 is 17.6 Å². The van der Waals surface area contributed by atoms with E-state index in [0.717, 1.165) is 36.1 Å². The molecule has 4 rings (SSSR count). The molecule has 5 nitrogen and oxygen atoms in total. The molecule has 2 aromatic rings. The molecule has 0 spiro atoms. The Bertz CT molecular complexity index is 954. The molecule has 0 bridgehead atoms. The summed E-state index contributed by atoms with van der Waals surface area (Å²) in [7, 11) is 0. The molecule has 3 atom stereocenters. The number of amides is 3. The summed E-state index contributed by atoms with van der Waals surface area (Å²) >= 11 is 0. The van der Waals surface area contributed by atoms with Gasteiger partial charge >= 0.3 is 12.2 Å². The fourth-order valence-electron chi connectivity index (χ4n) is 3.61. The summed E-state index contributed by atoms with van der Waals surface area (Å²) in [6.45, 7) is 1.87. The summed E-state index contributed by atoms with van der Waals surface area (Å²) in [5, 5.41) is 8.60. The summed E-state index contributed by atoms with van der Waals surface area (Å²) in [5.74, 6) is -0.388. The number of rotatable bonds is 6. The Hall–Kier alpha value is -3.03. The average Bonchev–Trinajstić information content (AvgIpc) is 3.63. The van der Waals surface area contributed by atoms with Gasteiger partial charge < -0.3 is 16.0 Å². The zero-order chi connectivity index (χ0) is 22.2. The van der Waals surface area contributed by atoms with Crippen molar-refractivity contribution in [1.82, 2.24) is 10.6 Å². The minimum Gasteiger partial charge on any atom is -0.349 e. The lowest BCUT2D eigenvalue weighted by molar-refractivity contribution is -0.137. The maximum absolute atomic E-state index is 12.7. The summed E-state index contributed by atoms with van der Waals surface area (Å²) in [5.41, 5.74) is 1.63. The third kappa shape index (κ3) is 5.37. The van der Waals surface area contributed by atoms with Gasteiger partial charge in [-0.15, -0.1) is 0 Å². The van der Waals surface area contributed by atoms with Gasteiger partial charge in [0.05, 0.1) is 11.6 Å². The molecule has 0 saturated heterocycles. The first-order chi connectivity index (χ1) is 14.7. The molecule has 164 valence electrons. The molecular formula is C23H24F3N3O2. The summed E-state index contributed by atoms with van der Waals surface area (Å²) in [6.07, 6.45) is -1.70. The summed E-state index contributed by atoms with van der Waals surface area (Å²) in [4.78, 5) is 24.4. The second-order valence-corrected chi connectivity index (χ2v) is 8.29. The average molecular weight is 431 g/mol. The molecule has 0 radical (unpaired) electrons. The monoisotopic (exact) mass is 431 g/mol. The Balaban J connectivity index is 1.28. The third-order valence-electron chi connectivity index (χ3n) is 5.73. The normalized spacial score (nSPS) is 21.2. The molecular weight excluding hydrogens is 407 g/mol. The second-order valence-electron chi connectivity index (χ2n) is 8.29. The first-order valence-corrected chi connectivity index (χ1v) is 10.4. The van der Waals surface area contributed by atoms with Gasteiger partial charge in [-0.05, 0) is 67.5 Å². The third-order valence-corrected chi connectivity index (χ3v) is 5.73. The molecule has 31 heavy (non-hydrogen) atoms. The van der Waals surface area contributed by atoms with E-state index in [0.29, 0.717) is 12.1 Å². The Morgan fingerprint density at radius 2 is 1.65 bits per heavy atom. The van der Waals surface area contributed by atoms with Crippen molar-refractivity contribution in [3.05, 3.63) is 65.2 Å². The molecule has 0 aliphatic heterocycles. The van der Waals surface area contributed by atoms with E-state index in [9.17, 15) is 22.8 Å². The molecule has 2 fully saturated rings. The topological polar surface area (TPSA) is 70.2 Å². The van der Waals surface area contributed by atoms with Crippen LogP contribution in [0.2, 0.25) is 0 Å². The fraction of sp³-hybridized carbons (Fsp3) is 0.391. The van der Waals surface area contributed by atoms with E-state index in [-0.39, 0.29) is 35.9 Å². The van der Waals surface area contributed by atoms with Crippen molar-refractivity contribution in [2.24, 2.45) is 5.92 Å². The van der Waals surface area contributed by atoms with Crippen molar-refractivity contribution < 1.29 is 22.8 Å².